The van der Waals surface area contributed by atoms with Crippen molar-refractivity contribution in [1.29, 1.82) is 0 Å². The molecule has 0 aromatic carbocycles. The van der Waals surface area contributed by atoms with Gasteiger partial charge in [-0.05, 0) is 12.7 Å². The lowest BCUT2D eigenvalue weighted by molar-refractivity contribution is -0.117. The zero-order valence-electron chi connectivity index (χ0n) is 7.73. The van der Waals surface area contributed by atoms with Gasteiger partial charge in [0.05, 0.1) is 0 Å². The number of rotatable bonds is 3. The fourth-order valence-corrected chi connectivity index (χ4v) is 4.23. The maximum absolute atomic E-state index is 11.1. The van der Waals surface area contributed by atoms with Crippen molar-refractivity contribution in [2.75, 3.05) is 6.26 Å². The van der Waals surface area contributed by atoms with Crippen molar-refractivity contribution in [1.82, 2.24) is 10.2 Å². The van der Waals surface area contributed by atoms with Gasteiger partial charge in [0.1, 0.15) is 5.78 Å². The molecule has 0 radical (unpaired) electrons. The minimum absolute atomic E-state index is 0.386. The Bertz CT molecular complexity index is 339. The molecule has 2 rings (SSSR count). The highest BCUT2D eigenvalue weighted by Crippen LogP contribution is 2.36. The number of ketones is 1. The second kappa shape index (κ2) is 4.63. The van der Waals surface area contributed by atoms with Crippen LogP contribution in [0.15, 0.2) is 8.68 Å². The first-order valence-corrected chi connectivity index (χ1v) is 7.26. The van der Waals surface area contributed by atoms with Crippen molar-refractivity contribution in [3.05, 3.63) is 0 Å². The van der Waals surface area contributed by atoms with E-state index in [1.165, 1.54) is 0 Å². The smallest absolute Gasteiger partial charge is 0.175 e. The van der Waals surface area contributed by atoms with Gasteiger partial charge in [0.2, 0.25) is 0 Å². The lowest BCUT2D eigenvalue weighted by atomic mass is 10.4. The molecule has 1 aromatic heterocycles. The van der Waals surface area contributed by atoms with Gasteiger partial charge >= 0.3 is 0 Å². The molecule has 1 aliphatic carbocycles. The van der Waals surface area contributed by atoms with E-state index in [0.29, 0.717) is 17.5 Å². The van der Waals surface area contributed by atoms with E-state index in [2.05, 4.69) is 10.2 Å². The van der Waals surface area contributed by atoms with Crippen LogP contribution in [0.3, 0.4) is 0 Å². The van der Waals surface area contributed by atoms with Gasteiger partial charge in [-0.3, -0.25) is 4.79 Å². The van der Waals surface area contributed by atoms with Crippen LogP contribution in [0.4, 0.5) is 0 Å². The summed E-state index contributed by atoms with van der Waals surface area (Å²) in [6, 6.07) is 0. The summed E-state index contributed by atoms with van der Waals surface area (Å²) in [5.74, 6) is 0.386. The molecule has 6 heteroatoms. The van der Waals surface area contributed by atoms with Gasteiger partial charge in [-0.25, -0.2) is 0 Å². The molecule has 3 nitrogen and oxygen atoms in total. The normalized spacial score (nSPS) is 21.8. The second-order valence-corrected chi connectivity index (χ2v) is 6.64. The van der Waals surface area contributed by atoms with Crippen molar-refractivity contribution in [3.63, 3.8) is 0 Å². The molecule has 1 fully saturated rings. The Morgan fingerprint density at radius 2 is 2.21 bits per heavy atom. The molecule has 0 amide bonds. The van der Waals surface area contributed by atoms with Gasteiger partial charge in [-0.1, -0.05) is 34.9 Å². The fourth-order valence-electron chi connectivity index (χ4n) is 1.35. The molecule has 1 heterocycles. The molecule has 1 aromatic rings. The summed E-state index contributed by atoms with van der Waals surface area (Å²) in [6.07, 6.45) is 4.44. The Kier molecular flexibility index (Phi) is 3.46. The number of carbonyl (C=O) groups is 1. The van der Waals surface area contributed by atoms with E-state index in [4.69, 9.17) is 0 Å². The first kappa shape index (κ1) is 10.4. The number of Topliss-reactive ketones (excluding diaryl/α,β-unsaturated/α-hetero) is 1. The third-order valence-corrected chi connectivity index (χ3v) is 5.28. The van der Waals surface area contributed by atoms with Crippen molar-refractivity contribution in [2.24, 2.45) is 0 Å². The van der Waals surface area contributed by atoms with Crippen LogP contribution in [0, 0.1) is 0 Å². The number of nitrogens with zero attached hydrogens (tertiary/aromatic N) is 2. The second-order valence-electron chi connectivity index (χ2n) is 3.06. The zero-order valence-corrected chi connectivity index (χ0v) is 10.2. The lowest BCUT2D eigenvalue weighted by Gasteiger charge is -2.01. The van der Waals surface area contributed by atoms with Gasteiger partial charge in [-0.15, -0.1) is 10.2 Å². The third kappa shape index (κ3) is 2.49. The molecule has 1 unspecified atom stereocenters. The predicted octanol–water partition coefficient (Wildman–Crippen LogP) is 2.47. The Morgan fingerprint density at radius 1 is 1.43 bits per heavy atom. The molecule has 0 bridgehead atoms. The van der Waals surface area contributed by atoms with E-state index in [1.54, 1.807) is 34.9 Å². The molecule has 0 saturated heterocycles. The average Bonchev–Trinajstić information content (AvgIpc) is 2.76. The Balaban J connectivity index is 1.93. The summed E-state index contributed by atoms with van der Waals surface area (Å²) in [5.41, 5.74) is 0. The van der Waals surface area contributed by atoms with Gasteiger partial charge in [0.15, 0.2) is 8.68 Å². The molecule has 0 aliphatic heterocycles. The van der Waals surface area contributed by atoms with Crippen LogP contribution < -0.4 is 0 Å². The SMILES string of the molecule is CSc1nnc(SC2CCC(=O)C2)s1. The van der Waals surface area contributed by atoms with E-state index in [-0.39, 0.29) is 0 Å². The standard InChI is InChI=1S/C8H10N2OS3/c1-12-7-9-10-8(14-7)13-6-3-2-5(11)4-6/h6H,2-4H2,1H3. The van der Waals surface area contributed by atoms with Gasteiger partial charge < -0.3 is 0 Å². The quantitative estimate of drug-likeness (QED) is 0.767. The summed E-state index contributed by atoms with van der Waals surface area (Å²) in [6.45, 7) is 0. The van der Waals surface area contributed by atoms with Crippen LogP contribution >= 0.6 is 34.9 Å². The van der Waals surface area contributed by atoms with E-state index in [0.717, 1.165) is 21.5 Å². The molecule has 1 atom stereocenters. The van der Waals surface area contributed by atoms with Gasteiger partial charge in [0.25, 0.3) is 0 Å². The van der Waals surface area contributed by atoms with Crippen LogP contribution in [0.5, 0.6) is 0 Å². The molecule has 76 valence electrons. The molecular weight excluding hydrogens is 236 g/mol. The maximum atomic E-state index is 11.1. The molecule has 0 spiro atoms. The van der Waals surface area contributed by atoms with Gasteiger partial charge in [0, 0.05) is 18.1 Å². The van der Waals surface area contributed by atoms with E-state index >= 15 is 0 Å². The predicted molar refractivity (Wildman–Crippen MR) is 60.2 cm³/mol. The van der Waals surface area contributed by atoms with Crippen LogP contribution in [0.2, 0.25) is 0 Å². The van der Waals surface area contributed by atoms with E-state index in [9.17, 15) is 4.79 Å². The van der Waals surface area contributed by atoms with Crippen molar-refractivity contribution < 1.29 is 4.79 Å². The number of carbonyl (C=O) groups excluding carboxylic acids is 1. The summed E-state index contributed by atoms with van der Waals surface area (Å²) in [4.78, 5) is 11.1. The molecule has 0 N–H and O–H groups in total. The zero-order chi connectivity index (χ0) is 9.97. The first-order valence-electron chi connectivity index (χ1n) is 4.34. The monoisotopic (exact) mass is 246 g/mol. The highest BCUT2D eigenvalue weighted by atomic mass is 32.2. The van der Waals surface area contributed by atoms with Crippen molar-refractivity contribution >= 4 is 40.6 Å². The summed E-state index contributed by atoms with van der Waals surface area (Å²) in [7, 11) is 0. The maximum Gasteiger partial charge on any atom is 0.175 e. The number of thioether (sulfide) groups is 2. The van der Waals surface area contributed by atoms with Gasteiger partial charge in [-0.2, -0.15) is 0 Å². The Hall–Kier alpha value is -0.0700. The van der Waals surface area contributed by atoms with Crippen molar-refractivity contribution in [2.45, 2.75) is 33.2 Å². The van der Waals surface area contributed by atoms with Crippen LogP contribution in [0.25, 0.3) is 0 Å². The largest absolute Gasteiger partial charge is 0.300 e. The van der Waals surface area contributed by atoms with E-state index in [1.807, 2.05) is 6.26 Å². The highest BCUT2D eigenvalue weighted by Gasteiger charge is 2.24. The molecule has 14 heavy (non-hydrogen) atoms. The summed E-state index contributed by atoms with van der Waals surface area (Å²) >= 11 is 4.93. The van der Waals surface area contributed by atoms with Crippen LogP contribution in [-0.4, -0.2) is 27.5 Å². The van der Waals surface area contributed by atoms with Crippen molar-refractivity contribution in [3.8, 4) is 0 Å². The number of hydrogen-bond acceptors (Lipinski definition) is 6. The minimum atomic E-state index is 0.386. The summed E-state index contributed by atoms with van der Waals surface area (Å²) in [5, 5.41) is 8.53. The Morgan fingerprint density at radius 3 is 2.79 bits per heavy atom. The average molecular weight is 246 g/mol. The highest BCUT2D eigenvalue weighted by molar-refractivity contribution is 8.03. The number of aromatic nitrogens is 2. The Labute approximate surface area is 95.1 Å². The minimum Gasteiger partial charge on any atom is -0.300 e. The molecular formula is C8H10N2OS3. The third-order valence-electron chi connectivity index (χ3n) is 2.03. The molecule has 1 aliphatic rings. The van der Waals surface area contributed by atoms with E-state index < -0.39 is 0 Å². The molecule has 1 saturated carbocycles. The fraction of sp³-hybridized carbons (Fsp3) is 0.625. The van der Waals surface area contributed by atoms with Crippen LogP contribution in [0.1, 0.15) is 19.3 Å². The lowest BCUT2D eigenvalue weighted by Crippen LogP contribution is -1.95. The first-order chi connectivity index (χ1) is 6.78. The summed E-state index contributed by atoms with van der Waals surface area (Å²) < 4.78 is 1.99. The number of hydrogen-bond donors (Lipinski definition) is 0. The topological polar surface area (TPSA) is 42.9 Å². The van der Waals surface area contributed by atoms with Crippen LogP contribution in [-0.2, 0) is 4.79 Å².